The number of hydrogen-bond donors (Lipinski definition) is 2. The minimum atomic E-state index is -0.242. The van der Waals surface area contributed by atoms with E-state index in [0.717, 1.165) is 75.2 Å². The van der Waals surface area contributed by atoms with Gasteiger partial charge in [0.1, 0.15) is 5.82 Å². The molecule has 30 heavy (non-hydrogen) atoms. The van der Waals surface area contributed by atoms with E-state index in [1.807, 2.05) is 12.3 Å². The number of aromatic nitrogens is 2. The molecule has 2 N–H and O–H groups in total. The second kappa shape index (κ2) is 10.2. The Hall–Kier alpha value is -2.25. The zero-order valence-corrected chi connectivity index (χ0v) is 17.4. The van der Waals surface area contributed by atoms with E-state index in [9.17, 15) is 9.18 Å². The molecule has 1 amide bonds. The maximum Gasteiger partial charge on any atom is 0.220 e. The van der Waals surface area contributed by atoms with Gasteiger partial charge in [-0.15, -0.1) is 0 Å². The van der Waals surface area contributed by atoms with Crippen LogP contribution in [0.1, 0.15) is 44.1 Å². The van der Waals surface area contributed by atoms with Crippen molar-refractivity contribution >= 4 is 5.91 Å². The zero-order chi connectivity index (χ0) is 20.8. The fourth-order valence-corrected chi connectivity index (χ4v) is 4.46. The Bertz CT molecular complexity index is 826. The highest BCUT2D eigenvalue weighted by molar-refractivity contribution is 5.75. The lowest BCUT2D eigenvalue weighted by atomic mass is 9.91. The van der Waals surface area contributed by atoms with Crippen LogP contribution in [0.25, 0.3) is 11.3 Å². The highest BCUT2D eigenvalue weighted by atomic mass is 19.1. The van der Waals surface area contributed by atoms with Crippen LogP contribution in [0.4, 0.5) is 4.39 Å². The molecule has 2 saturated heterocycles. The number of halogens is 1. The first-order chi connectivity index (χ1) is 14.7. The molecule has 0 aliphatic carbocycles. The standard InChI is InChI=1S/C23H31FN4O2/c24-20-4-1-3-18(13-20)23-19(14-26-27-23)16-28-10-8-17(9-11-28)6-7-22(29)25-15-21-5-2-12-30-21/h1,3-4,13-14,17,21H,2,5-12,15-16H2,(H,25,29)(H,26,27)/t21-/m1/s1. The molecule has 1 aromatic carbocycles. The molecule has 4 rings (SSSR count). The SMILES string of the molecule is O=C(CCC1CCN(Cc2cn[nH]c2-c2cccc(F)c2)CC1)NC[C@H]1CCCO1. The van der Waals surface area contributed by atoms with Gasteiger partial charge in [0.15, 0.2) is 0 Å². The largest absolute Gasteiger partial charge is 0.376 e. The van der Waals surface area contributed by atoms with E-state index >= 15 is 0 Å². The Morgan fingerprint density at radius 2 is 2.17 bits per heavy atom. The number of carbonyl (C=O) groups excluding carboxylic acids is 1. The van der Waals surface area contributed by atoms with Crippen LogP contribution in [-0.2, 0) is 16.1 Å². The number of amides is 1. The maximum absolute atomic E-state index is 13.6. The maximum atomic E-state index is 13.6. The molecule has 7 heteroatoms. The summed E-state index contributed by atoms with van der Waals surface area (Å²) in [5.41, 5.74) is 2.80. The van der Waals surface area contributed by atoms with Crippen LogP contribution in [0.15, 0.2) is 30.5 Å². The molecule has 1 atom stereocenters. The number of aromatic amines is 1. The first kappa shape index (κ1) is 21.0. The zero-order valence-electron chi connectivity index (χ0n) is 17.4. The fraction of sp³-hybridized carbons (Fsp3) is 0.565. The van der Waals surface area contributed by atoms with E-state index in [0.29, 0.717) is 18.9 Å². The third-order valence-electron chi connectivity index (χ3n) is 6.26. The summed E-state index contributed by atoms with van der Waals surface area (Å²) in [6, 6.07) is 6.61. The summed E-state index contributed by atoms with van der Waals surface area (Å²) in [5, 5.41) is 10.2. The Labute approximate surface area is 177 Å². The number of likely N-dealkylation sites (tertiary alicyclic amines) is 1. The molecule has 2 aromatic rings. The number of ether oxygens (including phenoxy) is 1. The molecule has 2 aliphatic rings. The number of benzene rings is 1. The van der Waals surface area contributed by atoms with Crippen molar-refractivity contribution < 1.29 is 13.9 Å². The van der Waals surface area contributed by atoms with Crippen LogP contribution in [0.2, 0.25) is 0 Å². The predicted molar refractivity (Wildman–Crippen MR) is 113 cm³/mol. The number of rotatable bonds is 8. The molecule has 1 aromatic heterocycles. The third-order valence-corrected chi connectivity index (χ3v) is 6.26. The smallest absolute Gasteiger partial charge is 0.220 e. The number of H-pyrrole nitrogens is 1. The van der Waals surface area contributed by atoms with Gasteiger partial charge in [0, 0.05) is 37.2 Å². The van der Waals surface area contributed by atoms with Gasteiger partial charge in [0.05, 0.1) is 18.0 Å². The van der Waals surface area contributed by atoms with Crippen molar-refractivity contribution in [2.45, 2.75) is 51.2 Å². The topological polar surface area (TPSA) is 70.2 Å². The molecule has 0 spiro atoms. The molecular formula is C23H31FN4O2. The number of carbonyl (C=O) groups is 1. The van der Waals surface area contributed by atoms with Crippen molar-refractivity contribution in [1.82, 2.24) is 20.4 Å². The van der Waals surface area contributed by atoms with Crippen molar-refractivity contribution in [3.63, 3.8) is 0 Å². The van der Waals surface area contributed by atoms with Gasteiger partial charge >= 0.3 is 0 Å². The molecule has 6 nitrogen and oxygen atoms in total. The predicted octanol–water partition coefficient (Wildman–Crippen LogP) is 3.50. The van der Waals surface area contributed by atoms with Gasteiger partial charge in [0.25, 0.3) is 0 Å². The molecular weight excluding hydrogens is 383 g/mol. The lowest BCUT2D eigenvalue weighted by Crippen LogP contribution is -2.34. The van der Waals surface area contributed by atoms with E-state index in [1.165, 1.54) is 12.1 Å². The van der Waals surface area contributed by atoms with Gasteiger partial charge in [0.2, 0.25) is 5.91 Å². The van der Waals surface area contributed by atoms with Crippen LogP contribution in [0, 0.1) is 11.7 Å². The Morgan fingerprint density at radius 3 is 2.93 bits per heavy atom. The first-order valence-electron chi connectivity index (χ1n) is 11.1. The molecule has 3 heterocycles. The summed E-state index contributed by atoms with van der Waals surface area (Å²) in [6.45, 7) is 4.29. The van der Waals surface area contributed by atoms with E-state index in [4.69, 9.17) is 4.74 Å². The Morgan fingerprint density at radius 1 is 1.30 bits per heavy atom. The van der Waals surface area contributed by atoms with Crippen molar-refractivity contribution in [2.24, 2.45) is 5.92 Å². The van der Waals surface area contributed by atoms with Gasteiger partial charge in [-0.05, 0) is 63.2 Å². The summed E-state index contributed by atoms with van der Waals surface area (Å²) >= 11 is 0. The number of nitrogens with zero attached hydrogens (tertiary/aromatic N) is 2. The van der Waals surface area contributed by atoms with Crippen LogP contribution >= 0.6 is 0 Å². The number of nitrogens with one attached hydrogen (secondary N) is 2. The van der Waals surface area contributed by atoms with Gasteiger partial charge in [-0.1, -0.05) is 12.1 Å². The highest BCUT2D eigenvalue weighted by Gasteiger charge is 2.22. The Kier molecular flexibility index (Phi) is 7.12. The van der Waals surface area contributed by atoms with Crippen molar-refractivity contribution in [3.05, 3.63) is 41.8 Å². The average Bonchev–Trinajstić information content (AvgIpc) is 3.44. The third kappa shape index (κ3) is 5.67. The van der Waals surface area contributed by atoms with Crippen LogP contribution in [-0.4, -0.2) is 53.3 Å². The molecule has 2 fully saturated rings. The minimum absolute atomic E-state index is 0.145. The van der Waals surface area contributed by atoms with Crippen LogP contribution < -0.4 is 5.32 Å². The average molecular weight is 415 g/mol. The second-order valence-electron chi connectivity index (χ2n) is 8.48. The summed E-state index contributed by atoms with van der Waals surface area (Å²) in [4.78, 5) is 14.5. The van der Waals surface area contributed by atoms with E-state index in [1.54, 1.807) is 6.07 Å². The molecule has 0 unspecified atom stereocenters. The fourth-order valence-electron chi connectivity index (χ4n) is 4.46. The summed E-state index contributed by atoms with van der Waals surface area (Å²) in [5.74, 6) is 0.501. The van der Waals surface area contributed by atoms with Crippen LogP contribution in [0.3, 0.4) is 0 Å². The summed E-state index contributed by atoms with van der Waals surface area (Å²) in [7, 11) is 0. The normalized spacial score (nSPS) is 20.5. The monoisotopic (exact) mass is 414 g/mol. The summed E-state index contributed by atoms with van der Waals surface area (Å²) < 4.78 is 19.1. The van der Waals surface area contributed by atoms with Gasteiger partial charge in [-0.3, -0.25) is 14.8 Å². The first-order valence-corrected chi connectivity index (χ1v) is 11.1. The number of piperidine rings is 1. The second-order valence-corrected chi connectivity index (χ2v) is 8.48. The van der Waals surface area contributed by atoms with Crippen molar-refractivity contribution in [1.29, 1.82) is 0 Å². The summed E-state index contributed by atoms with van der Waals surface area (Å²) in [6.07, 6.45) is 7.95. The van der Waals surface area contributed by atoms with E-state index < -0.39 is 0 Å². The quantitative estimate of drug-likeness (QED) is 0.694. The van der Waals surface area contributed by atoms with Crippen molar-refractivity contribution in [2.75, 3.05) is 26.2 Å². The van der Waals surface area contributed by atoms with Gasteiger partial charge in [-0.2, -0.15) is 5.10 Å². The lowest BCUT2D eigenvalue weighted by Gasteiger charge is -2.31. The molecule has 0 bridgehead atoms. The molecule has 0 radical (unpaired) electrons. The lowest BCUT2D eigenvalue weighted by molar-refractivity contribution is -0.122. The minimum Gasteiger partial charge on any atom is -0.376 e. The van der Waals surface area contributed by atoms with E-state index in [2.05, 4.69) is 20.4 Å². The van der Waals surface area contributed by atoms with Gasteiger partial charge in [-0.25, -0.2) is 4.39 Å². The Balaban J connectivity index is 1.19. The van der Waals surface area contributed by atoms with Gasteiger partial charge < -0.3 is 10.1 Å². The van der Waals surface area contributed by atoms with Crippen molar-refractivity contribution in [3.8, 4) is 11.3 Å². The molecule has 162 valence electrons. The van der Waals surface area contributed by atoms with Crippen LogP contribution in [0.5, 0.6) is 0 Å². The highest BCUT2D eigenvalue weighted by Crippen LogP contribution is 2.26. The molecule has 0 saturated carbocycles. The van der Waals surface area contributed by atoms with E-state index in [-0.39, 0.29) is 17.8 Å². The molecule has 2 aliphatic heterocycles. The number of hydrogen-bond acceptors (Lipinski definition) is 4.